The van der Waals surface area contributed by atoms with Crippen LogP contribution in [0.3, 0.4) is 0 Å². The van der Waals surface area contributed by atoms with Gasteiger partial charge in [0.2, 0.25) is 0 Å². The van der Waals surface area contributed by atoms with E-state index < -0.39 is 17.5 Å². The maximum Gasteiger partial charge on any atom is 0.407 e. The number of ether oxygens (including phenoxy) is 3. The Hall–Kier alpha value is -4.84. The SMILES string of the molecule is C=CC(=O)OCCNC(=O)OCCOc1ccc(C2(c3ccccc3)c3ccccc3-c3ccccc32)cc1. The molecule has 4 aromatic rings. The van der Waals surface area contributed by atoms with E-state index >= 15 is 0 Å². The predicted octanol–water partition coefficient (Wildman–Crippen LogP) is 5.88. The van der Waals surface area contributed by atoms with Crippen LogP contribution in [-0.2, 0) is 19.7 Å². The molecule has 1 aliphatic carbocycles. The van der Waals surface area contributed by atoms with Crippen LogP contribution in [0.1, 0.15) is 22.3 Å². The van der Waals surface area contributed by atoms with E-state index in [4.69, 9.17) is 14.2 Å². The van der Waals surface area contributed by atoms with Crippen LogP contribution in [0.5, 0.6) is 5.75 Å². The highest BCUT2D eigenvalue weighted by Crippen LogP contribution is 2.55. The molecule has 196 valence electrons. The Morgan fingerprint density at radius 2 is 1.28 bits per heavy atom. The van der Waals surface area contributed by atoms with E-state index in [1.54, 1.807) is 0 Å². The summed E-state index contributed by atoms with van der Waals surface area (Å²) in [7, 11) is 0. The van der Waals surface area contributed by atoms with E-state index in [0.717, 1.165) is 11.6 Å². The Morgan fingerprint density at radius 3 is 1.92 bits per heavy atom. The van der Waals surface area contributed by atoms with Crippen molar-refractivity contribution < 1.29 is 23.8 Å². The van der Waals surface area contributed by atoms with Gasteiger partial charge in [0.25, 0.3) is 0 Å². The first kappa shape index (κ1) is 25.8. The Labute approximate surface area is 227 Å². The van der Waals surface area contributed by atoms with Crippen molar-refractivity contribution in [2.45, 2.75) is 5.41 Å². The van der Waals surface area contributed by atoms with Crippen LogP contribution in [-0.4, -0.2) is 38.4 Å². The molecule has 0 aromatic heterocycles. The molecule has 0 saturated carbocycles. The van der Waals surface area contributed by atoms with Gasteiger partial charge in [0.15, 0.2) is 0 Å². The van der Waals surface area contributed by atoms with Gasteiger partial charge in [-0.25, -0.2) is 9.59 Å². The molecular formula is C33H29NO5. The summed E-state index contributed by atoms with van der Waals surface area (Å²) in [5.74, 6) is 0.141. The number of nitrogens with one attached hydrogen (secondary N) is 1. The van der Waals surface area contributed by atoms with E-state index in [1.807, 2.05) is 18.2 Å². The third-order valence-corrected chi connectivity index (χ3v) is 6.81. The minimum absolute atomic E-state index is 0.0439. The molecule has 39 heavy (non-hydrogen) atoms. The monoisotopic (exact) mass is 519 g/mol. The van der Waals surface area contributed by atoms with Gasteiger partial charge in [0.05, 0.1) is 12.0 Å². The molecule has 1 amide bonds. The van der Waals surface area contributed by atoms with Gasteiger partial charge in [-0.2, -0.15) is 0 Å². The van der Waals surface area contributed by atoms with E-state index in [9.17, 15) is 9.59 Å². The van der Waals surface area contributed by atoms with Crippen LogP contribution in [0.25, 0.3) is 11.1 Å². The van der Waals surface area contributed by atoms with Gasteiger partial charge in [-0.05, 0) is 45.5 Å². The summed E-state index contributed by atoms with van der Waals surface area (Å²) in [6.45, 7) is 3.78. The summed E-state index contributed by atoms with van der Waals surface area (Å²) >= 11 is 0. The molecule has 0 aliphatic heterocycles. The average molecular weight is 520 g/mol. The fourth-order valence-corrected chi connectivity index (χ4v) is 5.22. The Morgan fingerprint density at radius 1 is 0.692 bits per heavy atom. The number of hydrogen-bond donors (Lipinski definition) is 1. The Kier molecular flexibility index (Phi) is 7.73. The van der Waals surface area contributed by atoms with Crippen molar-refractivity contribution in [2.75, 3.05) is 26.4 Å². The third kappa shape index (κ3) is 5.14. The van der Waals surface area contributed by atoms with Crippen molar-refractivity contribution in [1.82, 2.24) is 5.32 Å². The van der Waals surface area contributed by atoms with Gasteiger partial charge in [0.1, 0.15) is 25.6 Å². The quantitative estimate of drug-likeness (QED) is 0.142. The largest absolute Gasteiger partial charge is 0.490 e. The number of carbonyl (C=O) groups is 2. The first-order valence-corrected chi connectivity index (χ1v) is 12.8. The van der Waals surface area contributed by atoms with Crippen molar-refractivity contribution in [3.8, 4) is 16.9 Å². The van der Waals surface area contributed by atoms with Crippen LogP contribution in [0.15, 0.2) is 116 Å². The summed E-state index contributed by atoms with van der Waals surface area (Å²) in [5.41, 5.74) is 6.89. The molecule has 0 heterocycles. The number of esters is 1. The number of rotatable bonds is 10. The Bertz CT molecular complexity index is 1420. The fourth-order valence-electron chi connectivity index (χ4n) is 5.22. The lowest BCUT2D eigenvalue weighted by atomic mass is 9.68. The van der Waals surface area contributed by atoms with Crippen molar-refractivity contribution in [1.29, 1.82) is 0 Å². The van der Waals surface area contributed by atoms with Crippen molar-refractivity contribution in [3.05, 3.63) is 138 Å². The first-order valence-electron chi connectivity index (χ1n) is 12.8. The number of benzene rings is 4. The Balaban J connectivity index is 1.30. The number of alkyl carbamates (subject to hydrolysis) is 1. The highest BCUT2D eigenvalue weighted by molar-refractivity contribution is 5.86. The highest BCUT2D eigenvalue weighted by Gasteiger charge is 2.45. The van der Waals surface area contributed by atoms with E-state index in [1.165, 1.54) is 27.8 Å². The first-order chi connectivity index (χ1) is 19.1. The summed E-state index contributed by atoms with van der Waals surface area (Å²) in [4.78, 5) is 22.8. The maximum atomic E-state index is 11.8. The summed E-state index contributed by atoms with van der Waals surface area (Å²) in [5, 5.41) is 2.51. The average Bonchev–Trinajstić information content (AvgIpc) is 3.29. The molecular weight excluding hydrogens is 490 g/mol. The molecule has 0 radical (unpaired) electrons. The molecule has 1 aliphatic rings. The molecule has 4 aromatic carbocycles. The normalized spacial score (nSPS) is 12.5. The van der Waals surface area contributed by atoms with E-state index in [0.29, 0.717) is 5.75 Å². The lowest BCUT2D eigenvalue weighted by Crippen LogP contribution is -2.29. The van der Waals surface area contributed by atoms with Gasteiger partial charge in [0, 0.05) is 6.08 Å². The zero-order chi connectivity index (χ0) is 27.1. The standard InChI is InChI=1S/C33H29NO5/c1-2-31(35)38-21-20-34-32(36)39-23-22-37-26-18-16-25(17-19-26)33(24-10-4-3-5-11-24)29-14-8-6-12-27(29)28-13-7-9-15-30(28)33/h2-19H,1,20-23H2,(H,34,36). The number of amides is 1. The van der Waals surface area contributed by atoms with Gasteiger partial charge in [-0.15, -0.1) is 0 Å². The molecule has 0 saturated heterocycles. The maximum absolute atomic E-state index is 11.8. The van der Waals surface area contributed by atoms with Gasteiger partial charge < -0.3 is 19.5 Å². The van der Waals surface area contributed by atoms with Crippen LogP contribution < -0.4 is 10.1 Å². The number of carbonyl (C=O) groups excluding carboxylic acids is 2. The molecule has 0 spiro atoms. The molecule has 6 heteroatoms. The lowest BCUT2D eigenvalue weighted by Gasteiger charge is -2.33. The molecule has 0 bridgehead atoms. The van der Waals surface area contributed by atoms with E-state index in [-0.39, 0.29) is 26.4 Å². The second kappa shape index (κ2) is 11.7. The lowest BCUT2D eigenvalue weighted by molar-refractivity contribution is -0.137. The van der Waals surface area contributed by atoms with Gasteiger partial charge in [-0.3, -0.25) is 0 Å². The molecule has 0 atom stereocenters. The molecule has 1 N–H and O–H groups in total. The second-order valence-electron chi connectivity index (χ2n) is 9.01. The molecule has 6 nitrogen and oxygen atoms in total. The summed E-state index contributed by atoms with van der Waals surface area (Å²) in [6.07, 6.45) is 0.460. The van der Waals surface area contributed by atoms with Crippen LogP contribution in [0.4, 0.5) is 4.79 Å². The van der Waals surface area contributed by atoms with Crippen LogP contribution >= 0.6 is 0 Å². The zero-order valence-electron chi connectivity index (χ0n) is 21.5. The highest BCUT2D eigenvalue weighted by atomic mass is 16.6. The van der Waals surface area contributed by atoms with E-state index in [2.05, 4.69) is 96.8 Å². The molecule has 5 rings (SSSR count). The van der Waals surface area contributed by atoms with Crippen molar-refractivity contribution in [3.63, 3.8) is 0 Å². The second-order valence-corrected chi connectivity index (χ2v) is 9.01. The topological polar surface area (TPSA) is 73.9 Å². The minimum atomic E-state index is -0.605. The third-order valence-electron chi connectivity index (χ3n) is 6.81. The van der Waals surface area contributed by atoms with Crippen LogP contribution in [0, 0.1) is 0 Å². The smallest absolute Gasteiger partial charge is 0.407 e. The van der Waals surface area contributed by atoms with Crippen molar-refractivity contribution in [2.24, 2.45) is 0 Å². The van der Waals surface area contributed by atoms with Crippen molar-refractivity contribution >= 4 is 12.1 Å². The van der Waals surface area contributed by atoms with Gasteiger partial charge >= 0.3 is 12.1 Å². The molecule has 0 fully saturated rings. The van der Waals surface area contributed by atoms with Crippen LogP contribution in [0.2, 0.25) is 0 Å². The molecule has 0 unspecified atom stereocenters. The number of fused-ring (bicyclic) bond motifs is 3. The summed E-state index contributed by atoms with van der Waals surface area (Å²) < 4.78 is 15.8. The van der Waals surface area contributed by atoms with Gasteiger partial charge in [-0.1, -0.05) is 97.6 Å². The summed E-state index contributed by atoms with van der Waals surface area (Å²) in [6, 6.07) is 35.9. The fraction of sp³-hybridized carbons (Fsp3) is 0.152. The minimum Gasteiger partial charge on any atom is -0.490 e. The number of hydrogen-bond acceptors (Lipinski definition) is 5. The predicted molar refractivity (Wildman–Crippen MR) is 150 cm³/mol. The zero-order valence-corrected chi connectivity index (χ0v) is 21.5.